The number of aliphatic hydroxyl groups excluding tert-OH is 2. The highest BCUT2D eigenvalue weighted by molar-refractivity contribution is 5.96. The van der Waals surface area contributed by atoms with Gasteiger partial charge in [0.05, 0.1) is 18.6 Å². The van der Waals surface area contributed by atoms with Crippen LogP contribution in [0.1, 0.15) is 36.9 Å². The Bertz CT molecular complexity index is 1280. The molecule has 0 bridgehead atoms. The summed E-state index contributed by atoms with van der Waals surface area (Å²) < 4.78 is 6.17. The molecule has 194 valence electrons. The van der Waals surface area contributed by atoms with Crippen LogP contribution in [0.15, 0.2) is 66.2 Å². The summed E-state index contributed by atoms with van der Waals surface area (Å²) >= 11 is 0. The standard InChI is InChI=1S/C29H33N3O5/c1-2-7-25(34)32(14-12-19-16-18-8-3-5-10-22(18)31-19)23-17-21(29(36)30-13-15-33)26-20-9-4-6-11-24(20)37-28(26)27(23)35/h3-6,8-11,16-17,23,26-28,31,33,35H,2,7,12-15H2,1H3,(H,30,36)/t23-,26+,27+,28+/m1/s1. The number of carbonyl (C=O) groups is 2. The molecule has 1 aliphatic carbocycles. The number of H-pyrrole nitrogens is 1. The van der Waals surface area contributed by atoms with Gasteiger partial charge in [-0.25, -0.2) is 0 Å². The van der Waals surface area contributed by atoms with Crippen molar-refractivity contribution in [1.82, 2.24) is 15.2 Å². The fraction of sp³-hybridized carbons (Fsp3) is 0.379. The minimum absolute atomic E-state index is 0.0806. The molecular formula is C29H33N3O5. The van der Waals surface area contributed by atoms with Crippen molar-refractivity contribution in [2.45, 2.75) is 50.4 Å². The lowest BCUT2D eigenvalue weighted by Gasteiger charge is -2.40. The summed E-state index contributed by atoms with van der Waals surface area (Å²) in [5, 5.41) is 24.6. The number of ether oxygens (including phenoxy) is 1. The van der Waals surface area contributed by atoms with Crippen LogP contribution in [0.2, 0.25) is 0 Å². The third-order valence-electron chi connectivity index (χ3n) is 7.23. The van der Waals surface area contributed by atoms with Crippen molar-refractivity contribution in [1.29, 1.82) is 0 Å². The van der Waals surface area contributed by atoms with E-state index in [1.807, 2.05) is 55.5 Å². The maximum atomic E-state index is 13.3. The summed E-state index contributed by atoms with van der Waals surface area (Å²) in [5.41, 5.74) is 3.30. The largest absolute Gasteiger partial charge is 0.486 e. The van der Waals surface area contributed by atoms with Crippen molar-refractivity contribution >= 4 is 22.7 Å². The number of rotatable bonds is 9. The number of aromatic amines is 1. The molecular weight excluding hydrogens is 470 g/mol. The molecule has 37 heavy (non-hydrogen) atoms. The van der Waals surface area contributed by atoms with E-state index in [2.05, 4.69) is 16.4 Å². The topological polar surface area (TPSA) is 115 Å². The minimum atomic E-state index is -1.02. The zero-order valence-electron chi connectivity index (χ0n) is 20.9. The van der Waals surface area contributed by atoms with Gasteiger partial charge in [-0.15, -0.1) is 0 Å². The molecule has 4 atom stereocenters. The number of nitrogens with one attached hydrogen (secondary N) is 2. The van der Waals surface area contributed by atoms with Crippen LogP contribution in [0.3, 0.4) is 0 Å². The predicted molar refractivity (Wildman–Crippen MR) is 140 cm³/mol. The van der Waals surface area contributed by atoms with E-state index >= 15 is 0 Å². The first-order valence-electron chi connectivity index (χ1n) is 12.9. The Kier molecular flexibility index (Phi) is 7.30. The number of amides is 2. The fourth-order valence-electron chi connectivity index (χ4n) is 5.50. The highest BCUT2D eigenvalue weighted by atomic mass is 16.5. The van der Waals surface area contributed by atoms with Crippen molar-refractivity contribution in [2.75, 3.05) is 19.7 Å². The van der Waals surface area contributed by atoms with Crippen LogP contribution in [0.5, 0.6) is 5.75 Å². The lowest BCUT2D eigenvalue weighted by Crippen LogP contribution is -2.56. The Hall–Kier alpha value is -3.62. The van der Waals surface area contributed by atoms with E-state index in [0.29, 0.717) is 37.1 Å². The number of hydrogen-bond acceptors (Lipinski definition) is 5. The Balaban J connectivity index is 1.48. The van der Waals surface area contributed by atoms with Gasteiger partial charge in [-0.05, 0) is 36.1 Å². The van der Waals surface area contributed by atoms with E-state index in [0.717, 1.165) is 22.2 Å². The molecule has 2 aromatic carbocycles. The van der Waals surface area contributed by atoms with E-state index in [9.17, 15) is 19.8 Å². The van der Waals surface area contributed by atoms with E-state index < -0.39 is 24.2 Å². The maximum absolute atomic E-state index is 13.3. The van der Waals surface area contributed by atoms with Crippen LogP contribution in [0.4, 0.5) is 0 Å². The van der Waals surface area contributed by atoms with Crippen molar-refractivity contribution in [3.05, 3.63) is 77.5 Å². The number of carbonyl (C=O) groups excluding carboxylic acids is 2. The molecule has 0 spiro atoms. The Morgan fingerprint density at radius 3 is 2.70 bits per heavy atom. The SMILES string of the molecule is CCCC(=O)N(CCc1cc2ccccc2[nH]1)[C@@H]1C=C(C(=O)NCCO)[C@@H]2c3ccccc3O[C@@H]2[C@H]1O. The van der Waals surface area contributed by atoms with Gasteiger partial charge in [0, 0.05) is 48.3 Å². The van der Waals surface area contributed by atoms with Crippen molar-refractivity contribution in [2.24, 2.45) is 0 Å². The molecule has 1 aromatic heterocycles. The number of aliphatic hydroxyl groups is 2. The van der Waals surface area contributed by atoms with Gasteiger partial charge in [0.2, 0.25) is 11.8 Å². The summed E-state index contributed by atoms with van der Waals surface area (Å²) in [6, 6.07) is 16.8. The number of hydrogen-bond donors (Lipinski definition) is 4. The third kappa shape index (κ3) is 4.86. The first kappa shape index (κ1) is 25.0. The molecule has 5 rings (SSSR count). The normalized spacial score (nSPS) is 22.1. The maximum Gasteiger partial charge on any atom is 0.247 e. The van der Waals surface area contributed by atoms with E-state index in [4.69, 9.17) is 4.74 Å². The van der Waals surface area contributed by atoms with Gasteiger partial charge in [0.15, 0.2) is 0 Å². The molecule has 0 saturated heterocycles. The van der Waals surface area contributed by atoms with Gasteiger partial charge in [-0.2, -0.15) is 0 Å². The predicted octanol–water partition coefficient (Wildman–Crippen LogP) is 2.66. The van der Waals surface area contributed by atoms with E-state index in [-0.39, 0.29) is 25.0 Å². The highest BCUT2D eigenvalue weighted by Gasteiger charge is 2.50. The van der Waals surface area contributed by atoms with Gasteiger partial charge >= 0.3 is 0 Å². The number of fused-ring (bicyclic) bond motifs is 4. The summed E-state index contributed by atoms with van der Waals surface area (Å²) in [4.78, 5) is 31.7. The zero-order chi connectivity index (χ0) is 25.9. The van der Waals surface area contributed by atoms with Crippen LogP contribution in [0, 0.1) is 0 Å². The average Bonchev–Trinajstić information content (AvgIpc) is 3.50. The third-order valence-corrected chi connectivity index (χ3v) is 7.23. The number of aromatic nitrogens is 1. The number of para-hydroxylation sites is 2. The second kappa shape index (κ2) is 10.8. The summed E-state index contributed by atoms with van der Waals surface area (Å²) in [5.74, 6) is -0.247. The molecule has 8 nitrogen and oxygen atoms in total. The quantitative estimate of drug-likeness (QED) is 0.359. The van der Waals surface area contributed by atoms with Crippen LogP contribution >= 0.6 is 0 Å². The van der Waals surface area contributed by atoms with Gasteiger partial charge in [0.25, 0.3) is 0 Å². The second-order valence-electron chi connectivity index (χ2n) is 9.65. The summed E-state index contributed by atoms with van der Waals surface area (Å²) in [6.45, 7) is 2.25. The van der Waals surface area contributed by atoms with Crippen LogP contribution < -0.4 is 10.1 Å². The fourth-order valence-corrected chi connectivity index (χ4v) is 5.50. The van der Waals surface area contributed by atoms with E-state index in [1.165, 1.54) is 0 Å². The average molecular weight is 504 g/mol. The molecule has 4 N–H and O–H groups in total. The highest BCUT2D eigenvalue weighted by Crippen LogP contribution is 2.47. The smallest absolute Gasteiger partial charge is 0.247 e. The second-order valence-corrected chi connectivity index (χ2v) is 9.65. The number of benzene rings is 2. The Morgan fingerprint density at radius 1 is 1.14 bits per heavy atom. The van der Waals surface area contributed by atoms with Crippen molar-refractivity contribution in [3.8, 4) is 5.75 Å². The van der Waals surface area contributed by atoms with Gasteiger partial charge in [-0.1, -0.05) is 43.3 Å². The molecule has 2 heterocycles. The van der Waals surface area contributed by atoms with Crippen LogP contribution in [-0.2, 0) is 16.0 Å². The number of nitrogens with zero attached hydrogens (tertiary/aromatic N) is 1. The molecule has 1 aliphatic heterocycles. The summed E-state index contributed by atoms with van der Waals surface area (Å²) in [6.07, 6.45) is 1.59. The summed E-state index contributed by atoms with van der Waals surface area (Å²) in [7, 11) is 0. The lowest BCUT2D eigenvalue weighted by molar-refractivity contribution is -0.137. The zero-order valence-corrected chi connectivity index (χ0v) is 20.9. The molecule has 0 fully saturated rings. The molecule has 3 aromatic rings. The molecule has 0 unspecified atom stereocenters. The minimum Gasteiger partial charge on any atom is -0.486 e. The molecule has 8 heteroatoms. The van der Waals surface area contributed by atoms with Gasteiger partial charge < -0.3 is 30.2 Å². The van der Waals surface area contributed by atoms with E-state index in [1.54, 1.807) is 11.0 Å². The first-order valence-corrected chi connectivity index (χ1v) is 12.9. The van der Waals surface area contributed by atoms with Crippen molar-refractivity contribution < 1.29 is 24.5 Å². The molecule has 0 saturated carbocycles. The Morgan fingerprint density at radius 2 is 1.92 bits per heavy atom. The Labute approximate surface area is 215 Å². The van der Waals surface area contributed by atoms with Crippen LogP contribution in [0.25, 0.3) is 10.9 Å². The monoisotopic (exact) mass is 503 g/mol. The van der Waals surface area contributed by atoms with Crippen molar-refractivity contribution in [3.63, 3.8) is 0 Å². The lowest BCUT2D eigenvalue weighted by atomic mass is 9.77. The molecule has 0 radical (unpaired) electrons. The van der Waals surface area contributed by atoms with Gasteiger partial charge in [0.1, 0.15) is 18.0 Å². The van der Waals surface area contributed by atoms with Gasteiger partial charge in [-0.3, -0.25) is 9.59 Å². The molecule has 2 aliphatic rings. The first-order chi connectivity index (χ1) is 18.0. The van der Waals surface area contributed by atoms with Crippen LogP contribution in [-0.4, -0.2) is 69.9 Å². The molecule has 2 amide bonds.